The van der Waals surface area contributed by atoms with Gasteiger partial charge in [-0.25, -0.2) is 4.79 Å². The maximum absolute atomic E-state index is 14.0. The van der Waals surface area contributed by atoms with Crippen LogP contribution in [0.25, 0.3) is 21.9 Å². The number of aryl methyl sites for hydroxylation is 1. The van der Waals surface area contributed by atoms with E-state index >= 15 is 0 Å². The van der Waals surface area contributed by atoms with E-state index in [2.05, 4.69) is 26.3 Å². The van der Waals surface area contributed by atoms with Gasteiger partial charge in [-0.05, 0) is 48.1 Å². The Labute approximate surface area is 289 Å². The van der Waals surface area contributed by atoms with E-state index in [-0.39, 0.29) is 31.1 Å². The molecule has 0 spiro atoms. The largest absolute Gasteiger partial charge is 0.481 e. The molecule has 50 heavy (non-hydrogen) atoms. The van der Waals surface area contributed by atoms with Gasteiger partial charge in [0.25, 0.3) is 0 Å². The number of hydrogen-bond acceptors (Lipinski definition) is 7. The van der Waals surface area contributed by atoms with Gasteiger partial charge >= 0.3 is 11.6 Å². The highest BCUT2D eigenvalue weighted by Gasteiger charge is 2.34. The summed E-state index contributed by atoms with van der Waals surface area (Å²) in [5.41, 5.74) is 2.51. The summed E-state index contributed by atoms with van der Waals surface area (Å²) in [6.07, 6.45) is 2.26. The normalized spacial score (nSPS) is 14.3. The molecule has 4 amide bonds. The Hall–Kier alpha value is -5.46. The van der Waals surface area contributed by atoms with Crippen LogP contribution in [0.5, 0.6) is 0 Å². The molecule has 0 fully saturated rings. The molecule has 6 N–H and O–H groups in total. The number of nitrogens with one attached hydrogen (secondary N) is 5. The third-order valence-corrected chi connectivity index (χ3v) is 9.12. The van der Waals surface area contributed by atoms with E-state index in [0.717, 1.165) is 22.0 Å². The first-order chi connectivity index (χ1) is 23.8. The molecular weight excluding hydrogens is 642 g/mol. The summed E-state index contributed by atoms with van der Waals surface area (Å²) >= 11 is 0. The first-order valence-electron chi connectivity index (χ1n) is 16.8. The van der Waals surface area contributed by atoms with Crippen LogP contribution in [0.3, 0.4) is 0 Å². The van der Waals surface area contributed by atoms with Crippen LogP contribution in [0.1, 0.15) is 64.5 Å². The van der Waals surface area contributed by atoms with Gasteiger partial charge in [0.1, 0.15) is 23.7 Å². The second kappa shape index (κ2) is 16.8. The molecule has 0 saturated heterocycles. The molecule has 5 atom stereocenters. The Kier molecular flexibility index (Phi) is 12.5. The Bertz CT molecular complexity index is 1930. The minimum atomic E-state index is -1.13. The van der Waals surface area contributed by atoms with Crippen LogP contribution in [0.2, 0.25) is 0 Å². The highest BCUT2D eigenvalue weighted by molar-refractivity contribution is 6.00. The van der Waals surface area contributed by atoms with Crippen LogP contribution in [-0.4, -0.2) is 57.8 Å². The molecule has 266 valence electrons. The number of carboxylic acid groups (broad SMARTS) is 1. The number of hydrogen-bond donors (Lipinski definition) is 6. The van der Waals surface area contributed by atoms with Gasteiger partial charge in [-0.1, -0.05) is 58.7 Å². The summed E-state index contributed by atoms with van der Waals surface area (Å²) in [5.74, 6) is -4.11. The zero-order valence-electron chi connectivity index (χ0n) is 28.9. The molecule has 0 aliphatic carbocycles. The topological polar surface area (TPSA) is 200 Å². The molecule has 2 aromatic carbocycles. The monoisotopic (exact) mass is 687 g/mol. The minimum absolute atomic E-state index is 0.111. The number of rotatable bonds is 16. The zero-order chi connectivity index (χ0) is 36.5. The smallest absolute Gasteiger partial charge is 0.336 e. The number of anilines is 1. The fourth-order valence-corrected chi connectivity index (χ4v) is 5.74. The highest BCUT2D eigenvalue weighted by Crippen LogP contribution is 2.23. The van der Waals surface area contributed by atoms with Crippen molar-refractivity contribution in [3.8, 4) is 0 Å². The zero-order valence-corrected chi connectivity index (χ0v) is 28.9. The third-order valence-electron chi connectivity index (χ3n) is 9.12. The number of carbonyl (C=O) groups excluding carboxylic acids is 4. The number of fused-ring (bicyclic) bond motifs is 2. The van der Waals surface area contributed by atoms with Crippen molar-refractivity contribution < 1.29 is 33.5 Å². The van der Waals surface area contributed by atoms with E-state index in [9.17, 15) is 28.8 Å². The summed E-state index contributed by atoms with van der Waals surface area (Å²) in [6, 6.07) is 10.8. The SMILES string of the molecule is CCC(C)C(NC(=O)CCC(=O)O)C(=O)NC(C(=O)NC(Cc1c[nH]c2ccccc12)C(=O)Nc1ccc2c(C)cc(=O)oc2c1)C(C)CC. The highest BCUT2D eigenvalue weighted by atomic mass is 16.4. The van der Waals surface area contributed by atoms with Crippen molar-refractivity contribution in [2.45, 2.75) is 84.8 Å². The lowest BCUT2D eigenvalue weighted by atomic mass is 9.94. The summed E-state index contributed by atoms with van der Waals surface area (Å²) in [6.45, 7) is 9.09. The standard InChI is InChI=1S/C37H45N5O8/c1-6-20(3)33(41-30(43)14-15-31(44)45)37(49)42-34(21(4)7-2)36(48)40-28(17-23-19-38-27-11-9-8-10-26(23)27)35(47)39-24-12-13-25-22(5)16-32(46)50-29(25)18-24/h8-13,16,18-21,28,33-34,38H,6-7,14-15,17H2,1-5H3,(H,39,47)(H,40,48)(H,41,43)(H,42,49)(H,44,45). The van der Waals surface area contributed by atoms with Gasteiger partial charge in [-0.3, -0.25) is 24.0 Å². The Morgan fingerprint density at radius 3 is 2.16 bits per heavy atom. The van der Waals surface area contributed by atoms with Crippen LogP contribution in [0.4, 0.5) is 5.69 Å². The number of carbonyl (C=O) groups is 5. The molecule has 4 rings (SSSR count). The van der Waals surface area contributed by atoms with Crippen molar-refractivity contribution >= 4 is 57.2 Å². The number of aliphatic carboxylic acids is 1. The van der Waals surface area contributed by atoms with E-state index in [4.69, 9.17) is 9.52 Å². The molecule has 0 aliphatic heterocycles. The maximum atomic E-state index is 14.0. The van der Waals surface area contributed by atoms with Crippen LogP contribution in [-0.2, 0) is 30.4 Å². The van der Waals surface area contributed by atoms with Gasteiger partial charge in [0.05, 0.1) is 6.42 Å². The Morgan fingerprint density at radius 2 is 1.48 bits per heavy atom. The van der Waals surface area contributed by atoms with E-state index in [1.54, 1.807) is 45.2 Å². The summed E-state index contributed by atoms with van der Waals surface area (Å²) in [4.78, 5) is 80.3. The van der Waals surface area contributed by atoms with Crippen LogP contribution in [0.15, 0.2) is 63.9 Å². The minimum Gasteiger partial charge on any atom is -0.481 e. The van der Waals surface area contributed by atoms with E-state index in [1.807, 2.05) is 38.1 Å². The first kappa shape index (κ1) is 37.4. The predicted octanol–water partition coefficient (Wildman–Crippen LogP) is 4.18. The van der Waals surface area contributed by atoms with Crippen LogP contribution < -0.4 is 26.9 Å². The molecule has 2 heterocycles. The lowest BCUT2D eigenvalue weighted by molar-refractivity contribution is -0.139. The molecule has 5 unspecified atom stereocenters. The number of H-pyrrole nitrogens is 1. The van der Waals surface area contributed by atoms with Gasteiger partial charge < -0.3 is 35.8 Å². The predicted molar refractivity (Wildman–Crippen MR) is 189 cm³/mol. The van der Waals surface area contributed by atoms with Crippen molar-refractivity contribution in [2.75, 3.05) is 5.32 Å². The van der Waals surface area contributed by atoms with Crippen molar-refractivity contribution in [3.63, 3.8) is 0 Å². The molecule has 0 aliphatic rings. The average molecular weight is 688 g/mol. The van der Waals surface area contributed by atoms with Gasteiger partial charge in [0, 0.05) is 53.1 Å². The van der Waals surface area contributed by atoms with Crippen molar-refractivity contribution in [1.29, 1.82) is 0 Å². The van der Waals surface area contributed by atoms with Crippen LogP contribution >= 0.6 is 0 Å². The Balaban J connectivity index is 1.60. The molecule has 2 aromatic heterocycles. The second-order valence-corrected chi connectivity index (χ2v) is 12.8. The summed E-state index contributed by atoms with van der Waals surface area (Å²) in [7, 11) is 0. The first-order valence-corrected chi connectivity index (χ1v) is 16.8. The Morgan fingerprint density at radius 1 is 0.820 bits per heavy atom. The number of aromatic nitrogens is 1. The number of amides is 4. The van der Waals surface area contributed by atoms with Crippen molar-refractivity contribution in [1.82, 2.24) is 20.9 Å². The molecule has 0 bridgehead atoms. The molecular formula is C37H45N5O8. The van der Waals surface area contributed by atoms with Crippen LogP contribution in [0, 0.1) is 18.8 Å². The summed E-state index contributed by atoms with van der Waals surface area (Å²) < 4.78 is 5.35. The average Bonchev–Trinajstić information content (AvgIpc) is 3.49. The lowest BCUT2D eigenvalue weighted by Gasteiger charge is -2.30. The van der Waals surface area contributed by atoms with Crippen molar-refractivity contribution in [3.05, 3.63) is 76.3 Å². The fourth-order valence-electron chi connectivity index (χ4n) is 5.74. The third kappa shape index (κ3) is 9.36. The lowest BCUT2D eigenvalue weighted by Crippen LogP contribution is -2.59. The maximum Gasteiger partial charge on any atom is 0.336 e. The number of aromatic amines is 1. The second-order valence-electron chi connectivity index (χ2n) is 12.8. The molecule has 13 heteroatoms. The molecule has 0 saturated carbocycles. The van der Waals surface area contributed by atoms with Gasteiger partial charge in [0.15, 0.2) is 0 Å². The van der Waals surface area contributed by atoms with E-state index < -0.39 is 53.3 Å². The van der Waals surface area contributed by atoms with Gasteiger partial charge in [-0.2, -0.15) is 0 Å². The van der Waals surface area contributed by atoms with Gasteiger partial charge in [0.2, 0.25) is 23.6 Å². The quantitative estimate of drug-likeness (QED) is 0.0943. The number of carboxylic acids is 1. The molecule has 0 radical (unpaired) electrons. The summed E-state index contributed by atoms with van der Waals surface area (Å²) in [5, 5.41) is 21.7. The number of para-hydroxylation sites is 1. The molecule has 13 nitrogen and oxygen atoms in total. The fraction of sp³-hybridized carbons (Fsp3) is 0.405. The van der Waals surface area contributed by atoms with Gasteiger partial charge in [-0.15, -0.1) is 0 Å². The van der Waals surface area contributed by atoms with E-state index in [1.165, 1.54) is 6.07 Å². The van der Waals surface area contributed by atoms with E-state index in [0.29, 0.717) is 29.5 Å². The molecule has 4 aromatic rings. The number of benzene rings is 2. The van der Waals surface area contributed by atoms with Crippen molar-refractivity contribution in [2.24, 2.45) is 11.8 Å².